The van der Waals surface area contributed by atoms with Crippen molar-refractivity contribution in [3.05, 3.63) is 35.9 Å². The van der Waals surface area contributed by atoms with Gasteiger partial charge in [-0.2, -0.15) is 0 Å². The van der Waals surface area contributed by atoms with Gasteiger partial charge in [0.15, 0.2) is 0 Å². The molecule has 2 aliphatic rings. The molecule has 0 aliphatic carbocycles. The molecule has 7 nitrogen and oxygen atoms in total. The molecule has 0 spiro atoms. The van der Waals surface area contributed by atoms with Crippen LogP contribution in [0.5, 0.6) is 0 Å². The highest BCUT2D eigenvalue weighted by molar-refractivity contribution is 6.01. The highest BCUT2D eigenvalue weighted by Crippen LogP contribution is 2.26. The van der Waals surface area contributed by atoms with E-state index in [0.717, 1.165) is 68.7 Å². The Kier molecular flexibility index (Phi) is 8.82. The number of hydrogen-bond donors (Lipinski definition) is 3. The zero-order valence-corrected chi connectivity index (χ0v) is 17.7. The Bertz CT molecular complexity index is 790. The predicted octanol–water partition coefficient (Wildman–Crippen LogP) is 3.51. The number of para-hydroxylation sites is 1. The van der Waals surface area contributed by atoms with Crippen molar-refractivity contribution in [2.75, 3.05) is 31.2 Å². The lowest BCUT2D eigenvalue weighted by molar-refractivity contribution is 0.0738. The van der Waals surface area contributed by atoms with Gasteiger partial charge in [0.2, 0.25) is 0 Å². The second kappa shape index (κ2) is 11.1. The number of benzene rings is 1. The quantitative estimate of drug-likeness (QED) is 0.719. The Morgan fingerprint density at radius 2 is 1.76 bits per heavy atom. The fourth-order valence-electron chi connectivity index (χ4n) is 3.98. The molecular weight excluding hydrogens is 366 g/mol. The van der Waals surface area contributed by atoms with E-state index in [2.05, 4.69) is 10.2 Å². The number of hydrogen-bond acceptors (Lipinski definition) is 6. The van der Waals surface area contributed by atoms with Crippen LogP contribution in [0.25, 0.3) is 10.9 Å². The van der Waals surface area contributed by atoms with Gasteiger partial charge in [0.1, 0.15) is 5.82 Å². The summed E-state index contributed by atoms with van der Waals surface area (Å²) in [5.41, 5.74) is 7.05. The summed E-state index contributed by atoms with van der Waals surface area (Å²) in [5.74, 6) is 0.307. The van der Waals surface area contributed by atoms with Crippen LogP contribution in [0, 0.1) is 0 Å². The van der Waals surface area contributed by atoms with Crippen molar-refractivity contribution < 1.29 is 11.0 Å². The predicted molar refractivity (Wildman–Crippen MR) is 121 cm³/mol. The van der Waals surface area contributed by atoms with Crippen LogP contribution in [0.3, 0.4) is 0 Å². The number of ether oxygens (including phenoxy) is 1. The van der Waals surface area contributed by atoms with Crippen LogP contribution in [0.2, 0.25) is 0 Å². The van der Waals surface area contributed by atoms with E-state index >= 15 is 0 Å². The van der Waals surface area contributed by atoms with Crippen molar-refractivity contribution in [2.45, 2.75) is 51.6 Å². The van der Waals surface area contributed by atoms with Crippen LogP contribution >= 0.6 is 0 Å². The fourth-order valence-corrected chi connectivity index (χ4v) is 3.98. The number of rotatable bonds is 4. The number of carbonyl (C=O) groups is 1. The van der Waals surface area contributed by atoms with Gasteiger partial charge in [-0.05, 0) is 37.8 Å². The lowest BCUT2D eigenvalue weighted by Gasteiger charge is -2.36. The van der Waals surface area contributed by atoms with Gasteiger partial charge in [-0.1, -0.05) is 32.0 Å². The molecule has 162 valence electrons. The Hall–Kier alpha value is -2.22. The van der Waals surface area contributed by atoms with Gasteiger partial charge >= 0.3 is 0 Å². The minimum Gasteiger partial charge on any atom is -0.381 e. The lowest BCUT2D eigenvalue weighted by Crippen LogP contribution is -2.48. The van der Waals surface area contributed by atoms with Gasteiger partial charge in [0, 0.05) is 45.2 Å². The van der Waals surface area contributed by atoms with E-state index in [1.54, 1.807) is 0 Å². The fraction of sp³-hybridized carbons (Fsp3) is 0.545. The van der Waals surface area contributed by atoms with Crippen molar-refractivity contribution in [3.63, 3.8) is 0 Å². The van der Waals surface area contributed by atoms with Gasteiger partial charge in [-0.25, -0.2) is 4.98 Å². The maximum absolute atomic E-state index is 12.0. The largest absolute Gasteiger partial charge is 0.381 e. The normalized spacial score (nSPS) is 17.9. The van der Waals surface area contributed by atoms with E-state index in [1.807, 2.05) is 44.2 Å². The third-order valence-electron chi connectivity index (χ3n) is 5.46. The first kappa shape index (κ1) is 23.1. The summed E-state index contributed by atoms with van der Waals surface area (Å²) in [6.45, 7) is 7.48. The number of nitrogens with zero attached hydrogens (tertiary/aromatic N) is 2. The van der Waals surface area contributed by atoms with E-state index in [0.29, 0.717) is 17.6 Å². The first-order valence-corrected chi connectivity index (χ1v) is 10.5. The Balaban J connectivity index is 0.00000109. The first-order chi connectivity index (χ1) is 13.7. The molecule has 2 fully saturated rings. The van der Waals surface area contributed by atoms with Gasteiger partial charge in [-0.3, -0.25) is 4.79 Å². The standard InChI is InChI=1S/C20H26N4O2.C2H6.H3N.H2/c21-19(25)17-13-14-3-1-2-4-18(14)23-20(17)24-9-5-15(6-10-24)22-16-7-11-26-12-8-16;1-2;;/h1-4,13,15-16,22H,5-12H2,(H2,21,25);1-2H3;1H3;1H. The average molecular weight is 404 g/mol. The molecule has 1 aromatic heterocycles. The summed E-state index contributed by atoms with van der Waals surface area (Å²) < 4.78 is 5.43. The molecule has 29 heavy (non-hydrogen) atoms. The number of carbonyl (C=O) groups excluding carboxylic acids is 1. The number of nitrogens with two attached hydrogens (primary N) is 1. The maximum Gasteiger partial charge on any atom is 0.252 e. The van der Waals surface area contributed by atoms with Crippen molar-refractivity contribution >= 4 is 22.6 Å². The van der Waals surface area contributed by atoms with E-state index in [9.17, 15) is 4.79 Å². The van der Waals surface area contributed by atoms with Gasteiger partial charge in [0.05, 0.1) is 11.1 Å². The highest BCUT2D eigenvalue weighted by Gasteiger charge is 2.26. The highest BCUT2D eigenvalue weighted by atomic mass is 16.5. The van der Waals surface area contributed by atoms with Crippen LogP contribution < -0.4 is 22.1 Å². The monoisotopic (exact) mass is 403 g/mol. The van der Waals surface area contributed by atoms with Crippen LogP contribution in [0.1, 0.15) is 51.3 Å². The van der Waals surface area contributed by atoms with Crippen molar-refractivity contribution in [1.29, 1.82) is 0 Å². The number of fused-ring (bicyclic) bond motifs is 1. The molecule has 2 aromatic rings. The molecule has 2 saturated heterocycles. The molecule has 3 heterocycles. The average Bonchev–Trinajstić information content (AvgIpc) is 2.75. The topological polar surface area (TPSA) is 115 Å². The van der Waals surface area contributed by atoms with Crippen LogP contribution in [-0.2, 0) is 4.74 Å². The molecule has 1 aromatic carbocycles. The minimum absolute atomic E-state index is 0. The number of primary amides is 1. The molecule has 7 heteroatoms. The number of anilines is 1. The molecule has 0 unspecified atom stereocenters. The third kappa shape index (κ3) is 5.65. The molecule has 0 saturated carbocycles. The summed E-state index contributed by atoms with van der Waals surface area (Å²) in [7, 11) is 0. The molecule has 1 amide bonds. The molecule has 2 aliphatic heterocycles. The number of pyridine rings is 1. The smallest absolute Gasteiger partial charge is 0.252 e. The molecular formula is C22H37N5O2. The number of nitrogens with one attached hydrogen (secondary N) is 1. The zero-order valence-electron chi connectivity index (χ0n) is 17.7. The van der Waals surface area contributed by atoms with Crippen molar-refractivity contribution in [1.82, 2.24) is 16.5 Å². The van der Waals surface area contributed by atoms with Gasteiger partial charge in [-0.15, -0.1) is 0 Å². The van der Waals surface area contributed by atoms with E-state index in [4.69, 9.17) is 15.5 Å². The van der Waals surface area contributed by atoms with Gasteiger partial charge < -0.3 is 26.8 Å². The lowest BCUT2D eigenvalue weighted by atomic mass is 10.0. The Morgan fingerprint density at radius 1 is 1.14 bits per heavy atom. The van der Waals surface area contributed by atoms with E-state index in [-0.39, 0.29) is 7.58 Å². The molecule has 0 radical (unpaired) electrons. The van der Waals surface area contributed by atoms with Crippen molar-refractivity contribution in [2.24, 2.45) is 5.73 Å². The first-order valence-electron chi connectivity index (χ1n) is 10.5. The van der Waals surface area contributed by atoms with Crippen LogP contribution in [0.4, 0.5) is 5.82 Å². The molecule has 0 bridgehead atoms. The summed E-state index contributed by atoms with van der Waals surface area (Å²) >= 11 is 0. The summed E-state index contributed by atoms with van der Waals surface area (Å²) in [6, 6.07) is 10.8. The number of piperidine rings is 1. The molecule has 6 N–H and O–H groups in total. The third-order valence-corrected chi connectivity index (χ3v) is 5.46. The van der Waals surface area contributed by atoms with Crippen LogP contribution in [-0.4, -0.2) is 49.3 Å². The van der Waals surface area contributed by atoms with Crippen LogP contribution in [0.15, 0.2) is 30.3 Å². The number of amides is 1. The second-order valence-corrected chi connectivity index (χ2v) is 7.23. The maximum atomic E-state index is 12.0. The zero-order chi connectivity index (χ0) is 19.9. The van der Waals surface area contributed by atoms with E-state index < -0.39 is 5.91 Å². The molecule has 4 rings (SSSR count). The molecule has 0 atom stereocenters. The van der Waals surface area contributed by atoms with Crippen molar-refractivity contribution in [3.8, 4) is 0 Å². The SMILES string of the molecule is CC.N.NC(=O)c1cc2ccccc2nc1N1CCC(NC2CCOCC2)CC1.[HH]. The van der Waals surface area contributed by atoms with Gasteiger partial charge in [0.25, 0.3) is 5.91 Å². The summed E-state index contributed by atoms with van der Waals surface area (Å²) in [4.78, 5) is 18.9. The minimum atomic E-state index is -0.416. The Labute approximate surface area is 175 Å². The Morgan fingerprint density at radius 3 is 2.41 bits per heavy atom. The second-order valence-electron chi connectivity index (χ2n) is 7.23. The summed E-state index contributed by atoms with van der Waals surface area (Å²) in [6.07, 6.45) is 4.28. The number of aromatic nitrogens is 1. The van der Waals surface area contributed by atoms with E-state index in [1.165, 1.54) is 0 Å². The summed E-state index contributed by atoms with van der Waals surface area (Å²) in [5, 5.41) is 4.72.